The Morgan fingerprint density at radius 1 is 0.786 bits per heavy atom. The van der Waals surface area contributed by atoms with Gasteiger partial charge in [-0.3, -0.25) is 18.0 Å². The zero-order chi connectivity index (χ0) is 21.8. The van der Waals surface area contributed by atoms with Gasteiger partial charge in [-0.1, -0.05) is 27.0 Å². The summed E-state index contributed by atoms with van der Waals surface area (Å²) in [4.78, 5) is 23.5. The van der Waals surface area contributed by atoms with Crippen LogP contribution in [0.1, 0.15) is 39.5 Å². The molecule has 0 saturated heterocycles. The lowest BCUT2D eigenvalue weighted by atomic mass is 10.3. The molecule has 0 heterocycles. The number of hydrogen-bond acceptors (Lipinski definition) is 10. The Morgan fingerprint density at radius 3 is 1.36 bits per heavy atom. The minimum atomic E-state index is -4.21. The van der Waals surface area contributed by atoms with Crippen LogP contribution in [-0.4, -0.2) is 52.9 Å². The van der Waals surface area contributed by atoms with Crippen LogP contribution in [0.5, 0.6) is 0 Å². The summed E-state index contributed by atoms with van der Waals surface area (Å²) in [6.45, 7) is 9.74. The minimum Gasteiger partial charge on any atom is -0.439 e. The molecule has 2 atom stereocenters. The van der Waals surface area contributed by atoms with Gasteiger partial charge in [0.15, 0.2) is 0 Å². The van der Waals surface area contributed by atoms with E-state index < -0.39 is 55.9 Å². The quantitative estimate of drug-likeness (QED) is 0.208. The van der Waals surface area contributed by atoms with E-state index in [1.807, 2.05) is 0 Å². The Bertz CT molecular complexity index is 675. The van der Waals surface area contributed by atoms with Crippen LogP contribution in [0.15, 0.2) is 25.3 Å². The predicted octanol–water partition coefficient (Wildman–Crippen LogP) is 1.39. The molecule has 0 aliphatic carbocycles. The van der Waals surface area contributed by atoms with Crippen molar-refractivity contribution in [2.24, 2.45) is 0 Å². The molecule has 0 aromatic carbocycles. The van der Waals surface area contributed by atoms with Crippen LogP contribution in [-0.2, 0) is 47.7 Å². The first-order chi connectivity index (χ1) is 13.0. The molecule has 0 bridgehead atoms. The number of carbonyl (C=O) groups excluding carboxylic acids is 2. The van der Waals surface area contributed by atoms with E-state index in [0.29, 0.717) is 12.8 Å². The molecule has 0 aromatic heterocycles. The van der Waals surface area contributed by atoms with Gasteiger partial charge in [0.1, 0.15) is 0 Å². The molecule has 0 fully saturated rings. The number of ether oxygens (including phenoxy) is 2. The van der Waals surface area contributed by atoms with Gasteiger partial charge in [0.25, 0.3) is 0 Å². The molecule has 2 unspecified atom stereocenters. The van der Waals surface area contributed by atoms with E-state index in [1.54, 1.807) is 13.8 Å². The van der Waals surface area contributed by atoms with Crippen molar-refractivity contribution in [3.8, 4) is 0 Å². The molecule has 28 heavy (non-hydrogen) atoms. The normalized spacial score (nSPS) is 13.9. The Labute approximate surface area is 165 Å². The third-order valence-corrected chi connectivity index (χ3v) is 5.59. The zero-order valence-electron chi connectivity index (χ0n) is 15.9. The summed E-state index contributed by atoms with van der Waals surface area (Å²) < 4.78 is 66.0. The SMILES string of the molecule is C=CC(OC(=O)CCC(=O)OC(C=C)S(=O)(=O)OCCC)S(=O)(=O)OCCC. The summed E-state index contributed by atoms with van der Waals surface area (Å²) >= 11 is 0. The van der Waals surface area contributed by atoms with Crippen molar-refractivity contribution in [3.05, 3.63) is 25.3 Å². The summed E-state index contributed by atoms with van der Waals surface area (Å²) in [7, 11) is -8.41. The maximum Gasteiger partial charge on any atom is 0.309 e. The van der Waals surface area contributed by atoms with E-state index in [-0.39, 0.29) is 13.2 Å². The fourth-order valence-corrected chi connectivity index (χ4v) is 3.55. The van der Waals surface area contributed by atoms with Crippen molar-refractivity contribution in [1.29, 1.82) is 0 Å². The highest BCUT2D eigenvalue weighted by Gasteiger charge is 2.29. The highest BCUT2D eigenvalue weighted by Crippen LogP contribution is 2.13. The van der Waals surface area contributed by atoms with Gasteiger partial charge in [-0.15, -0.1) is 0 Å². The van der Waals surface area contributed by atoms with E-state index in [4.69, 9.17) is 9.47 Å². The second kappa shape index (κ2) is 12.6. The summed E-state index contributed by atoms with van der Waals surface area (Å²) in [5.74, 6) is -2.07. The van der Waals surface area contributed by atoms with Gasteiger partial charge in [0.05, 0.1) is 26.1 Å². The number of hydrogen-bond donors (Lipinski definition) is 0. The highest BCUT2D eigenvalue weighted by atomic mass is 32.2. The van der Waals surface area contributed by atoms with Gasteiger partial charge < -0.3 is 9.47 Å². The van der Waals surface area contributed by atoms with Crippen molar-refractivity contribution >= 4 is 32.2 Å². The van der Waals surface area contributed by atoms with E-state index in [0.717, 1.165) is 12.2 Å². The lowest BCUT2D eigenvalue weighted by molar-refractivity contribution is -0.150. The predicted molar refractivity (Wildman–Crippen MR) is 99.7 cm³/mol. The maximum absolute atomic E-state index is 11.8. The van der Waals surface area contributed by atoms with Gasteiger partial charge in [0.2, 0.25) is 10.9 Å². The fourth-order valence-electron chi connectivity index (χ4n) is 1.56. The van der Waals surface area contributed by atoms with Gasteiger partial charge in [-0.2, -0.15) is 16.8 Å². The molecule has 10 nitrogen and oxygen atoms in total. The first-order valence-electron chi connectivity index (χ1n) is 8.44. The van der Waals surface area contributed by atoms with Crippen molar-refractivity contribution in [2.75, 3.05) is 13.2 Å². The van der Waals surface area contributed by atoms with Crippen molar-refractivity contribution in [1.82, 2.24) is 0 Å². The number of carbonyl (C=O) groups is 2. The van der Waals surface area contributed by atoms with Crippen LogP contribution in [0.4, 0.5) is 0 Å². The van der Waals surface area contributed by atoms with Gasteiger partial charge in [-0.25, -0.2) is 0 Å². The number of rotatable bonds is 15. The first-order valence-corrected chi connectivity index (χ1v) is 11.4. The van der Waals surface area contributed by atoms with Crippen LogP contribution < -0.4 is 0 Å². The molecule has 0 aromatic rings. The summed E-state index contributed by atoms with van der Waals surface area (Å²) in [5, 5.41) is 0. The first kappa shape index (κ1) is 26.2. The lowest BCUT2D eigenvalue weighted by Crippen LogP contribution is -2.29. The number of esters is 2. The molecule has 0 N–H and O–H groups in total. The average Bonchev–Trinajstić information content (AvgIpc) is 2.65. The average molecular weight is 443 g/mol. The van der Waals surface area contributed by atoms with Crippen molar-refractivity contribution in [3.63, 3.8) is 0 Å². The Hall–Kier alpha value is -1.76. The van der Waals surface area contributed by atoms with Crippen LogP contribution in [0, 0.1) is 0 Å². The smallest absolute Gasteiger partial charge is 0.309 e. The summed E-state index contributed by atoms with van der Waals surface area (Å²) in [6.07, 6.45) is 1.49. The lowest BCUT2D eigenvalue weighted by Gasteiger charge is -2.15. The molecule has 0 aliphatic rings. The minimum absolute atomic E-state index is 0.0892. The third kappa shape index (κ3) is 9.44. The maximum atomic E-state index is 11.8. The second-order valence-corrected chi connectivity index (χ2v) is 8.69. The zero-order valence-corrected chi connectivity index (χ0v) is 17.5. The van der Waals surface area contributed by atoms with Crippen LogP contribution in [0.25, 0.3) is 0 Å². The van der Waals surface area contributed by atoms with Gasteiger partial charge in [0, 0.05) is 0 Å². The van der Waals surface area contributed by atoms with Crippen LogP contribution in [0.2, 0.25) is 0 Å². The molecule has 0 aliphatic heterocycles. The van der Waals surface area contributed by atoms with E-state index in [9.17, 15) is 26.4 Å². The second-order valence-electron chi connectivity index (χ2n) is 5.32. The third-order valence-electron chi connectivity index (χ3n) is 2.89. The van der Waals surface area contributed by atoms with Crippen LogP contribution in [0.3, 0.4) is 0 Å². The van der Waals surface area contributed by atoms with E-state index in [2.05, 4.69) is 21.5 Å². The topological polar surface area (TPSA) is 139 Å². The molecule has 0 rings (SSSR count). The molecule has 0 saturated carbocycles. The molecule has 162 valence electrons. The molecule has 0 spiro atoms. The Balaban J connectivity index is 4.70. The molecule has 12 heteroatoms. The molecular weight excluding hydrogens is 416 g/mol. The Morgan fingerprint density at radius 2 is 1.11 bits per heavy atom. The fraction of sp³-hybridized carbons (Fsp3) is 0.625. The monoisotopic (exact) mass is 442 g/mol. The standard InChI is InChI=1S/C16H26O10S2/c1-5-11-23-27(19,20)15(7-3)25-13(17)9-10-14(18)26-16(8-4)28(21,22)24-12-6-2/h7-8,15-16H,3-6,9-12H2,1-2H3. The van der Waals surface area contributed by atoms with Crippen molar-refractivity contribution in [2.45, 2.75) is 50.4 Å². The van der Waals surface area contributed by atoms with E-state index in [1.165, 1.54) is 0 Å². The highest BCUT2D eigenvalue weighted by molar-refractivity contribution is 7.87. The molecule has 0 radical (unpaired) electrons. The summed E-state index contributed by atoms with van der Waals surface area (Å²) in [5.41, 5.74) is -3.46. The van der Waals surface area contributed by atoms with Gasteiger partial charge in [-0.05, 0) is 25.0 Å². The summed E-state index contributed by atoms with van der Waals surface area (Å²) in [6, 6.07) is 0. The largest absolute Gasteiger partial charge is 0.439 e. The molecule has 0 amide bonds. The van der Waals surface area contributed by atoms with E-state index >= 15 is 0 Å². The Kier molecular flexibility index (Phi) is 11.9. The van der Waals surface area contributed by atoms with Gasteiger partial charge >= 0.3 is 32.2 Å². The van der Waals surface area contributed by atoms with Crippen molar-refractivity contribution < 1.29 is 44.3 Å². The molecular formula is C16H26O10S2. The van der Waals surface area contributed by atoms with Crippen LogP contribution >= 0.6 is 0 Å².